The molecule has 0 spiro atoms. The van der Waals surface area contributed by atoms with Gasteiger partial charge < -0.3 is 5.11 Å². The zero-order valence-electron chi connectivity index (χ0n) is 7.30. The number of hydrogen-bond donors (Lipinski definition) is 2. The minimum atomic E-state index is -1.30. The van der Waals surface area contributed by atoms with Gasteiger partial charge in [0.2, 0.25) is 0 Å². The lowest BCUT2D eigenvalue weighted by atomic mass is 10.2. The van der Waals surface area contributed by atoms with Crippen molar-refractivity contribution < 1.29 is 14.8 Å². The summed E-state index contributed by atoms with van der Waals surface area (Å²) in [6.45, 7) is 0. The number of aromatic carboxylic acids is 1. The summed E-state index contributed by atoms with van der Waals surface area (Å²) in [5, 5.41) is 25.4. The molecule has 0 saturated heterocycles. The monoisotopic (exact) mass is 207 g/mol. The molecule has 0 radical (unpaired) electrons. The number of rotatable bonds is 2. The van der Waals surface area contributed by atoms with Crippen molar-refractivity contribution in [3.8, 4) is 0 Å². The normalized spacial score (nSPS) is 10.4. The Bertz CT molecular complexity index is 560. The molecule has 1 aromatic carbocycles. The first kappa shape index (κ1) is 9.13. The molecule has 0 fully saturated rings. The number of nitro benzene ring substituents is 1. The summed E-state index contributed by atoms with van der Waals surface area (Å²) in [6.07, 6.45) is 0. The standard InChI is InChI=1S/C8H5N3O4/c12-8(13)7-6-4(9-10-7)2-1-3-5(6)11(14)15/h1-3H,(H,9,10)(H,12,13). The fraction of sp³-hybridized carbons (Fsp3) is 0. The van der Waals surface area contributed by atoms with E-state index in [1.54, 1.807) is 0 Å². The number of carboxylic acids is 1. The van der Waals surface area contributed by atoms with E-state index in [0.717, 1.165) is 0 Å². The van der Waals surface area contributed by atoms with E-state index in [1.165, 1.54) is 18.2 Å². The highest BCUT2D eigenvalue weighted by molar-refractivity contribution is 6.05. The van der Waals surface area contributed by atoms with Crippen molar-refractivity contribution in [3.05, 3.63) is 34.0 Å². The Kier molecular flexibility index (Phi) is 1.86. The zero-order chi connectivity index (χ0) is 11.0. The summed E-state index contributed by atoms with van der Waals surface area (Å²) in [6, 6.07) is 4.23. The summed E-state index contributed by atoms with van der Waals surface area (Å²) >= 11 is 0. The van der Waals surface area contributed by atoms with Crippen molar-refractivity contribution in [1.82, 2.24) is 10.2 Å². The molecule has 7 nitrogen and oxygen atoms in total. The average Bonchev–Trinajstić information content (AvgIpc) is 2.60. The Morgan fingerprint density at radius 1 is 1.53 bits per heavy atom. The van der Waals surface area contributed by atoms with Crippen LogP contribution in [0.5, 0.6) is 0 Å². The van der Waals surface area contributed by atoms with E-state index in [9.17, 15) is 14.9 Å². The van der Waals surface area contributed by atoms with Crippen molar-refractivity contribution in [2.24, 2.45) is 0 Å². The molecule has 0 aliphatic heterocycles. The maximum absolute atomic E-state index is 10.7. The highest BCUT2D eigenvalue weighted by Crippen LogP contribution is 2.26. The van der Waals surface area contributed by atoms with Gasteiger partial charge in [0.25, 0.3) is 5.69 Å². The largest absolute Gasteiger partial charge is 0.476 e. The van der Waals surface area contributed by atoms with Gasteiger partial charge in [-0.2, -0.15) is 5.10 Å². The number of H-pyrrole nitrogens is 1. The molecule has 0 atom stereocenters. The average molecular weight is 207 g/mol. The lowest BCUT2D eigenvalue weighted by Gasteiger charge is -1.93. The molecule has 15 heavy (non-hydrogen) atoms. The van der Waals surface area contributed by atoms with Crippen molar-refractivity contribution in [3.63, 3.8) is 0 Å². The highest BCUT2D eigenvalue weighted by atomic mass is 16.6. The molecule has 76 valence electrons. The number of hydrogen-bond acceptors (Lipinski definition) is 4. The molecule has 7 heteroatoms. The first-order chi connectivity index (χ1) is 7.11. The molecule has 1 aromatic heterocycles. The molecule has 0 aliphatic rings. The summed E-state index contributed by atoms with van der Waals surface area (Å²) in [5.41, 5.74) is -0.266. The zero-order valence-corrected chi connectivity index (χ0v) is 7.30. The van der Waals surface area contributed by atoms with Crippen molar-refractivity contribution >= 4 is 22.6 Å². The van der Waals surface area contributed by atoms with Crippen LogP contribution in [0.25, 0.3) is 10.9 Å². The number of carboxylic acid groups (broad SMARTS) is 1. The summed E-state index contributed by atoms with van der Waals surface area (Å²) in [5.74, 6) is -1.30. The number of nitro groups is 1. The van der Waals surface area contributed by atoms with Gasteiger partial charge in [0, 0.05) is 6.07 Å². The smallest absolute Gasteiger partial charge is 0.357 e. The number of nitrogens with one attached hydrogen (secondary N) is 1. The number of nitrogens with zero attached hydrogens (tertiary/aromatic N) is 2. The van der Waals surface area contributed by atoms with Crippen LogP contribution in [0.15, 0.2) is 18.2 Å². The second kappa shape index (κ2) is 3.05. The van der Waals surface area contributed by atoms with Crippen LogP contribution in [-0.2, 0) is 0 Å². The third-order valence-corrected chi connectivity index (χ3v) is 1.97. The Labute approximate surface area is 82.5 Å². The highest BCUT2D eigenvalue weighted by Gasteiger charge is 2.21. The van der Waals surface area contributed by atoms with Crippen molar-refractivity contribution in [1.29, 1.82) is 0 Å². The van der Waals surface area contributed by atoms with Gasteiger partial charge in [-0.25, -0.2) is 4.79 Å². The van der Waals surface area contributed by atoms with Crippen LogP contribution in [0.4, 0.5) is 5.69 Å². The lowest BCUT2D eigenvalue weighted by molar-refractivity contribution is -0.383. The molecule has 0 amide bonds. The molecule has 0 unspecified atom stereocenters. The predicted molar refractivity (Wildman–Crippen MR) is 49.7 cm³/mol. The van der Waals surface area contributed by atoms with Crippen LogP contribution in [0.1, 0.15) is 10.5 Å². The van der Waals surface area contributed by atoms with Gasteiger partial charge in [-0.3, -0.25) is 15.2 Å². The maximum Gasteiger partial charge on any atom is 0.357 e. The Morgan fingerprint density at radius 2 is 2.27 bits per heavy atom. The molecule has 0 saturated carbocycles. The Balaban J connectivity index is 2.86. The molecule has 2 N–H and O–H groups in total. The van der Waals surface area contributed by atoms with E-state index in [0.29, 0.717) is 5.52 Å². The van der Waals surface area contributed by atoms with Crippen molar-refractivity contribution in [2.75, 3.05) is 0 Å². The molecule has 2 rings (SSSR count). The minimum absolute atomic E-state index is 0.0231. The third kappa shape index (κ3) is 1.30. The second-order valence-electron chi connectivity index (χ2n) is 2.83. The van der Waals surface area contributed by atoms with Crippen LogP contribution in [0.2, 0.25) is 0 Å². The van der Waals surface area contributed by atoms with Crippen LogP contribution in [-0.4, -0.2) is 26.2 Å². The maximum atomic E-state index is 10.7. The van der Waals surface area contributed by atoms with E-state index in [1.807, 2.05) is 0 Å². The van der Waals surface area contributed by atoms with Gasteiger partial charge in [0.15, 0.2) is 5.69 Å². The summed E-state index contributed by atoms with van der Waals surface area (Å²) in [4.78, 5) is 20.8. The number of fused-ring (bicyclic) bond motifs is 1. The van der Waals surface area contributed by atoms with Crippen LogP contribution < -0.4 is 0 Å². The van der Waals surface area contributed by atoms with Gasteiger partial charge in [-0.15, -0.1) is 0 Å². The first-order valence-electron chi connectivity index (χ1n) is 3.96. The van der Waals surface area contributed by atoms with Crippen LogP contribution in [0, 0.1) is 10.1 Å². The lowest BCUT2D eigenvalue weighted by Crippen LogP contribution is -1.98. The van der Waals surface area contributed by atoms with Crippen LogP contribution in [0.3, 0.4) is 0 Å². The Morgan fingerprint density at radius 3 is 2.87 bits per heavy atom. The van der Waals surface area contributed by atoms with E-state index >= 15 is 0 Å². The fourth-order valence-electron chi connectivity index (χ4n) is 1.36. The van der Waals surface area contributed by atoms with Gasteiger partial charge in [-0.05, 0) is 6.07 Å². The molecule has 0 aliphatic carbocycles. The number of carbonyl (C=O) groups is 1. The van der Waals surface area contributed by atoms with Crippen molar-refractivity contribution in [2.45, 2.75) is 0 Å². The first-order valence-corrected chi connectivity index (χ1v) is 3.96. The topological polar surface area (TPSA) is 109 Å². The third-order valence-electron chi connectivity index (χ3n) is 1.97. The molecular formula is C8H5N3O4. The fourth-order valence-corrected chi connectivity index (χ4v) is 1.36. The number of aromatic amines is 1. The molecule has 1 heterocycles. The van der Waals surface area contributed by atoms with Gasteiger partial charge >= 0.3 is 5.97 Å². The van der Waals surface area contributed by atoms with E-state index in [4.69, 9.17) is 5.11 Å². The number of benzene rings is 1. The van der Waals surface area contributed by atoms with E-state index in [2.05, 4.69) is 10.2 Å². The summed E-state index contributed by atoms with van der Waals surface area (Å²) in [7, 11) is 0. The Hall–Kier alpha value is -2.44. The predicted octanol–water partition coefficient (Wildman–Crippen LogP) is 1.17. The molecule has 0 bridgehead atoms. The molecular weight excluding hydrogens is 202 g/mol. The van der Waals surface area contributed by atoms with Gasteiger partial charge in [-0.1, -0.05) is 6.07 Å². The van der Waals surface area contributed by atoms with Gasteiger partial charge in [0.1, 0.15) is 5.39 Å². The van der Waals surface area contributed by atoms with E-state index < -0.39 is 10.9 Å². The number of non-ortho nitro benzene ring substituents is 1. The van der Waals surface area contributed by atoms with Crippen LogP contribution >= 0.6 is 0 Å². The summed E-state index contributed by atoms with van der Waals surface area (Å²) < 4.78 is 0. The van der Waals surface area contributed by atoms with E-state index in [-0.39, 0.29) is 16.8 Å². The molecule has 2 aromatic rings. The quantitative estimate of drug-likeness (QED) is 0.567. The number of aromatic nitrogens is 2. The minimum Gasteiger partial charge on any atom is -0.476 e. The SMILES string of the molecule is O=C(O)c1n[nH]c2cccc([N+](=O)[O-])c12. The second-order valence-corrected chi connectivity index (χ2v) is 2.83. The van der Waals surface area contributed by atoms with Gasteiger partial charge in [0.05, 0.1) is 10.4 Å².